The fraction of sp³-hybridized carbons (Fsp3) is 0.625. The summed E-state index contributed by atoms with van der Waals surface area (Å²) in [4.78, 5) is 0. The first-order valence-electron chi connectivity index (χ1n) is 7.11. The summed E-state index contributed by atoms with van der Waals surface area (Å²) in [7, 11) is 0. The summed E-state index contributed by atoms with van der Waals surface area (Å²) in [6, 6.07) is 9.11. The molecule has 0 aromatic heterocycles. The Balaban J connectivity index is 1.75. The maximum absolute atomic E-state index is 5.95. The average Bonchev–Trinajstić information content (AvgIpc) is 2.99. The maximum atomic E-state index is 5.95. The highest BCUT2D eigenvalue weighted by Crippen LogP contribution is 2.70. The summed E-state index contributed by atoms with van der Waals surface area (Å²) in [6.07, 6.45) is 6.98. The third kappa shape index (κ3) is 1.24. The molecule has 2 N–H and O–H groups in total. The Morgan fingerprint density at radius 3 is 2.12 bits per heavy atom. The highest BCUT2D eigenvalue weighted by molar-refractivity contribution is 5.33. The van der Waals surface area contributed by atoms with Gasteiger partial charge in [-0.25, -0.2) is 0 Å². The Hall–Kier alpha value is -0.820. The SMILES string of the molecule is NCC1CC12C1CCC2Cc2ccccc2C1. The van der Waals surface area contributed by atoms with Crippen molar-refractivity contribution < 1.29 is 0 Å². The quantitative estimate of drug-likeness (QED) is 0.784. The van der Waals surface area contributed by atoms with E-state index in [2.05, 4.69) is 24.3 Å². The van der Waals surface area contributed by atoms with Crippen LogP contribution in [0.1, 0.15) is 30.4 Å². The molecule has 1 nitrogen and oxygen atoms in total. The molecule has 2 fully saturated rings. The van der Waals surface area contributed by atoms with Crippen molar-refractivity contribution in [2.75, 3.05) is 6.54 Å². The summed E-state index contributed by atoms with van der Waals surface area (Å²) >= 11 is 0. The number of nitrogens with two attached hydrogens (primary N) is 1. The molecule has 1 aromatic rings. The lowest BCUT2D eigenvalue weighted by molar-refractivity contribution is 0.262. The lowest BCUT2D eigenvalue weighted by Gasteiger charge is -2.23. The average molecular weight is 227 g/mol. The van der Waals surface area contributed by atoms with Crippen molar-refractivity contribution in [2.45, 2.75) is 32.1 Å². The van der Waals surface area contributed by atoms with Gasteiger partial charge in [0, 0.05) is 0 Å². The van der Waals surface area contributed by atoms with E-state index >= 15 is 0 Å². The Labute approximate surface area is 103 Å². The van der Waals surface area contributed by atoms with Crippen LogP contribution in [-0.4, -0.2) is 6.54 Å². The van der Waals surface area contributed by atoms with Gasteiger partial charge in [0.25, 0.3) is 0 Å². The predicted molar refractivity (Wildman–Crippen MR) is 69.7 cm³/mol. The number of benzene rings is 1. The summed E-state index contributed by atoms with van der Waals surface area (Å²) in [5.74, 6) is 2.71. The van der Waals surface area contributed by atoms with Gasteiger partial charge in [-0.3, -0.25) is 0 Å². The van der Waals surface area contributed by atoms with Crippen molar-refractivity contribution in [2.24, 2.45) is 28.9 Å². The third-order valence-electron chi connectivity index (χ3n) is 5.92. The van der Waals surface area contributed by atoms with Gasteiger partial charge < -0.3 is 5.73 Å². The second-order valence-electron chi connectivity index (χ2n) is 6.40. The smallest absolute Gasteiger partial charge is 0.00431 e. The number of rotatable bonds is 1. The molecule has 4 rings (SSSR count). The van der Waals surface area contributed by atoms with Crippen LogP contribution >= 0.6 is 0 Å². The van der Waals surface area contributed by atoms with Crippen LogP contribution in [0.25, 0.3) is 0 Å². The van der Waals surface area contributed by atoms with E-state index in [1.165, 1.54) is 32.1 Å². The highest BCUT2D eigenvalue weighted by atomic mass is 14.7. The van der Waals surface area contributed by atoms with Gasteiger partial charge in [0.05, 0.1) is 0 Å². The first kappa shape index (κ1) is 10.1. The van der Waals surface area contributed by atoms with Gasteiger partial charge >= 0.3 is 0 Å². The fourth-order valence-corrected chi connectivity index (χ4v) is 5.01. The minimum Gasteiger partial charge on any atom is -0.330 e. The van der Waals surface area contributed by atoms with Crippen molar-refractivity contribution in [3.8, 4) is 0 Å². The van der Waals surface area contributed by atoms with Crippen LogP contribution in [0.5, 0.6) is 0 Å². The predicted octanol–water partition coefficient (Wildman–Crippen LogP) is 2.78. The third-order valence-corrected chi connectivity index (χ3v) is 5.92. The number of hydrogen-bond acceptors (Lipinski definition) is 1. The number of fused-ring (bicyclic) bond motifs is 1. The molecule has 0 amide bonds. The summed E-state index contributed by atoms with van der Waals surface area (Å²) in [5, 5.41) is 0. The van der Waals surface area contributed by atoms with Gasteiger partial charge in [-0.2, -0.15) is 0 Å². The zero-order valence-corrected chi connectivity index (χ0v) is 10.4. The molecule has 3 unspecified atom stereocenters. The van der Waals surface area contributed by atoms with E-state index in [-0.39, 0.29) is 0 Å². The van der Waals surface area contributed by atoms with E-state index in [0.29, 0.717) is 5.41 Å². The molecule has 3 atom stereocenters. The molecule has 0 saturated heterocycles. The zero-order chi connectivity index (χ0) is 11.5. The first-order valence-corrected chi connectivity index (χ1v) is 7.11. The van der Waals surface area contributed by atoms with Crippen LogP contribution in [-0.2, 0) is 12.8 Å². The molecule has 3 aliphatic rings. The zero-order valence-electron chi connectivity index (χ0n) is 10.4. The van der Waals surface area contributed by atoms with Crippen molar-refractivity contribution in [1.29, 1.82) is 0 Å². The Morgan fingerprint density at radius 1 is 1.06 bits per heavy atom. The van der Waals surface area contributed by atoms with Gasteiger partial charge in [-0.05, 0) is 72.9 Å². The Kier molecular flexibility index (Phi) is 2.00. The van der Waals surface area contributed by atoms with Gasteiger partial charge in [-0.1, -0.05) is 24.3 Å². The first-order chi connectivity index (χ1) is 8.34. The van der Waals surface area contributed by atoms with Gasteiger partial charge in [0.2, 0.25) is 0 Å². The van der Waals surface area contributed by atoms with E-state index < -0.39 is 0 Å². The largest absolute Gasteiger partial charge is 0.330 e. The second kappa shape index (κ2) is 3.35. The van der Waals surface area contributed by atoms with E-state index in [4.69, 9.17) is 5.73 Å². The lowest BCUT2D eigenvalue weighted by atomic mass is 9.82. The van der Waals surface area contributed by atoms with Crippen LogP contribution in [0.2, 0.25) is 0 Å². The molecular formula is C16H21N. The molecule has 0 aliphatic heterocycles. The fourth-order valence-electron chi connectivity index (χ4n) is 5.01. The summed E-state index contributed by atoms with van der Waals surface area (Å²) < 4.78 is 0. The molecule has 2 bridgehead atoms. The monoisotopic (exact) mass is 227 g/mol. The molecule has 0 heterocycles. The van der Waals surface area contributed by atoms with Crippen molar-refractivity contribution >= 4 is 0 Å². The molecule has 1 aromatic carbocycles. The summed E-state index contributed by atoms with van der Waals surface area (Å²) in [5.41, 5.74) is 9.86. The standard InChI is InChI=1S/C16H21N/c17-10-15-9-16(15)13-5-6-14(16)8-12-4-2-1-3-11(12)7-13/h1-4,13-15H,5-10,17H2. The van der Waals surface area contributed by atoms with Gasteiger partial charge in [0.15, 0.2) is 0 Å². The van der Waals surface area contributed by atoms with E-state index in [1.54, 1.807) is 11.1 Å². The van der Waals surface area contributed by atoms with Gasteiger partial charge in [-0.15, -0.1) is 0 Å². The second-order valence-corrected chi connectivity index (χ2v) is 6.40. The normalized spacial score (nSPS) is 42.3. The molecule has 3 aliphatic carbocycles. The van der Waals surface area contributed by atoms with Crippen LogP contribution in [0.4, 0.5) is 0 Å². The van der Waals surface area contributed by atoms with Crippen LogP contribution < -0.4 is 5.73 Å². The summed E-state index contributed by atoms with van der Waals surface area (Å²) in [6.45, 7) is 0.920. The van der Waals surface area contributed by atoms with E-state index in [9.17, 15) is 0 Å². The van der Waals surface area contributed by atoms with Crippen LogP contribution in [0.3, 0.4) is 0 Å². The van der Waals surface area contributed by atoms with Crippen molar-refractivity contribution in [3.63, 3.8) is 0 Å². The number of hydrogen-bond donors (Lipinski definition) is 1. The maximum Gasteiger partial charge on any atom is -0.00431 e. The van der Waals surface area contributed by atoms with E-state index in [1.807, 2.05) is 0 Å². The highest BCUT2D eigenvalue weighted by Gasteiger charge is 2.64. The molecule has 1 heteroatoms. The molecule has 1 spiro atoms. The molecule has 0 radical (unpaired) electrons. The lowest BCUT2D eigenvalue weighted by Crippen LogP contribution is -2.22. The van der Waals surface area contributed by atoms with E-state index in [0.717, 1.165) is 24.3 Å². The molecule has 2 saturated carbocycles. The Bertz CT molecular complexity index is 418. The minimum atomic E-state index is 0.660. The van der Waals surface area contributed by atoms with Crippen LogP contribution in [0, 0.1) is 23.2 Å². The van der Waals surface area contributed by atoms with Gasteiger partial charge in [0.1, 0.15) is 0 Å². The molecule has 17 heavy (non-hydrogen) atoms. The van der Waals surface area contributed by atoms with Crippen molar-refractivity contribution in [3.05, 3.63) is 35.4 Å². The molecular weight excluding hydrogens is 206 g/mol. The topological polar surface area (TPSA) is 26.0 Å². The molecule has 90 valence electrons. The minimum absolute atomic E-state index is 0.660. The Morgan fingerprint density at radius 2 is 1.65 bits per heavy atom. The van der Waals surface area contributed by atoms with Crippen molar-refractivity contribution in [1.82, 2.24) is 0 Å². The van der Waals surface area contributed by atoms with Crippen LogP contribution in [0.15, 0.2) is 24.3 Å².